The van der Waals surface area contributed by atoms with E-state index < -0.39 is 5.97 Å². The highest BCUT2D eigenvalue weighted by molar-refractivity contribution is 9.10. The predicted molar refractivity (Wildman–Crippen MR) is 77.7 cm³/mol. The Morgan fingerprint density at radius 3 is 3.10 bits per heavy atom. The van der Waals surface area contributed by atoms with E-state index in [1.165, 1.54) is 5.56 Å². The molecule has 1 aromatic heterocycles. The Hall–Kier alpha value is -1.62. The third kappa shape index (κ3) is 2.06. The van der Waals surface area contributed by atoms with Crippen molar-refractivity contribution in [2.75, 3.05) is 6.61 Å². The summed E-state index contributed by atoms with van der Waals surface area (Å²) in [5, 5.41) is 3.91. The first-order valence-electron chi connectivity index (χ1n) is 6.57. The molecule has 0 bridgehead atoms. The van der Waals surface area contributed by atoms with Crippen LogP contribution in [0.4, 0.5) is 0 Å². The van der Waals surface area contributed by atoms with Crippen molar-refractivity contribution in [3.63, 3.8) is 0 Å². The molecular formula is C15H14BrNO3. The molecule has 5 heteroatoms. The second-order valence-electron chi connectivity index (χ2n) is 4.90. The number of carbonyl (C=O) groups is 1. The molecule has 20 heavy (non-hydrogen) atoms. The number of carbonyl (C=O) groups excluding carboxylic acids is 1. The fraction of sp³-hybridized carbons (Fsp3) is 0.333. The minimum absolute atomic E-state index is 0.305. The van der Waals surface area contributed by atoms with Crippen molar-refractivity contribution in [1.29, 1.82) is 0 Å². The van der Waals surface area contributed by atoms with Gasteiger partial charge in [-0.1, -0.05) is 34.1 Å². The van der Waals surface area contributed by atoms with E-state index in [0.29, 0.717) is 24.0 Å². The van der Waals surface area contributed by atoms with Crippen molar-refractivity contribution in [3.05, 3.63) is 39.5 Å². The van der Waals surface area contributed by atoms with Gasteiger partial charge in [0.2, 0.25) is 0 Å². The third-order valence-electron chi connectivity index (χ3n) is 3.56. The van der Waals surface area contributed by atoms with Crippen molar-refractivity contribution in [2.24, 2.45) is 0 Å². The summed E-state index contributed by atoms with van der Waals surface area (Å²) in [4.78, 5) is 11.9. The summed E-state index contributed by atoms with van der Waals surface area (Å²) in [6.45, 7) is 4.25. The Labute approximate surface area is 125 Å². The molecule has 1 aliphatic rings. The average Bonchev–Trinajstić information content (AvgIpc) is 2.82. The fourth-order valence-electron chi connectivity index (χ4n) is 2.64. The molecule has 0 fully saturated rings. The van der Waals surface area contributed by atoms with Crippen molar-refractivity contribution in [2.45, 2.75) is 26.2 Å². The number of hydrogen-bond acceptors (Lipinski definition) is 4. The summed E-state index contributed by atoms with van der Waals surface area (Å²) in [6.07, 6.45) is 0.738. The number of aromatic nitrogens is 1. The summed E-state index contributed by atoms with van der Waals surface area (Å²) >= 11 is 3.47. The standard InChI is InChI=1S/C15H14BrNO3/c1-3-19-15(18)13-12-6-8(2)10-5-4-9(16)7-11(10)14(12)20-17-13/h4-5,7-8H,3,6H2,1-2H3/t8-/m1/s1. The lowest BCUT2D eigenvalue weighted by Gasteiger charge is -2.21. The minimum Gasteiger partial charge on any atom is -0.461 e. The van der Waals surface area contributed by atoms with E-state index in [4.69, 9.17) is 9.26 Å². The monoisotopic (exact) mass is 335 g/mol. The molecule has 0 aliphatic heterocycles. The topological polar surface area (TPSA) is 52.3 Å². The zero-order valence-electron chi connectivity index (χ0n) is 11.3. The van der Waals surface area contributed by atoms with E-state index in [-0.39, 0.29) is 0 Å². The summed E-state index contributed by atoms with van der Waals surface area (Å²) in [7, 11) is 0. The van der Waals surface area contributed by atoms with Gasteiger partial charge in [0.15, 0.2) is 11.5 Å². The van der Waals surface area contributed by atoms with Crippen LogP contribution >= 0.6 is 15.9 Å². The van der Waals surface area contributed by atoms with Crippen LogP contribution in [-0.4, -0.2) is 17.7 Å². The molecule has 0 radical (unpaired) electrons. The van der Waals surface area contributed by atoms with Crippen LogP contribution in [0.15, 0.2) is 27.2 Å². The molecule has 2 aromatic rings. The second kappa shape index (κ2) is 5.05. The minimum atomic E-state index is -0.414. The maximum absolute atomic E-state index is 11.9. The first kappa shape index (κ1) is 13.4. The van der Waals surface area contributed by atoms with Crippen LogP contribution in [0.1, 0.15) is 41.4 Å². The molecule has 3 rings (SSSR count). The molecule has 0 saturated carbocycles. The first-order chi connectivity index (χ1) is 9.61. The Morgan fingerprint density at radius 1 is 1.55 bits per heavy atom. The zero-order chi connectivity index (χ0) is 14.3. The first-order valence-corrected chi connectivity index (χ1v) is 7.36. The number of halogens is 1. The van der Waals surface area contributed by atoms with Gasteiger partial charge in [-0.2, -0.15) is 0 Å². The van der Waals surface area contributed by atoms with Gasteiger partial charge in [-0.25, -0.2) is 4.79 Å². The molecule has 0 unspecified atom stereocenters. The third-order valence-corrected chi connectivity index (χ3v) is 4.05. The average molecular weight is 336 g/mol. The molecule has 0 N–H and O–H groups in total. The van der Waals surface area contributed by atoms with Crippen molar-refractivity contribution >= 4 is 21.9 Å². The molecule has 0 spiro atoms. The summed E-state index contributed by atoms with van der Waals surface area (Å²) in [6, 6.07) is 6.10. The van der Waals surface area contributed by atoms with Gasteiger partial charge < -0.3 is 9.26 Å². The van der Waals surface area contributed by atoms with Crippen LogP contribution in [0.5, 0.6) is 0 Å². The fourth-order valence-corrected chi connectivity index (χ4v) is 3.00. The van der Waals surface area contributed by atoms with Gasteiger partial charge in [0, 0.05) is 15.6 Å². The number of ether oxygens (including phenoxy) is 1. The Morgan fingerprint density at radius 2 is 2.35 bits per heavy atom. The Bertz CT molecular complexity index is 678. The van der Waals surface area contributed by atoms with Crippen molar-refractivity contribution in [3.8, 4) is 11.3 Å². The van der Waals surface area contributed by atoms with E-state index in [1.807, 2.05) is 12.1 Å². The van der Waals surface area contributed by atoms with Crippen LogP contribution in [0.25, 0.3) is 11.3 Å². The lowest BCUT2D eigenvalue weighted by atomic mass is 9.82. The molecule has 0 amide bonds. The van der Waals surface area contributed by atoms with Crippen LogP contribution in [0, 0.1) is 0 Å². The summed E-state index contributed by atoms with van der Waals surface area (Å²) in [5.74, 6) is 0.587. The predicted octanol–water partition coefficient (Wildman–Crippen LogP) is 3.94. The largest absolute Gasteiger partial charge is 0.461 e. The highest BCUT2D eigenvalue weighted by Gasteiger charge is 2.31. The molecule has 104 valence electrons. The maximum atomic E-state index is 11.9. The normalized spacial score (nSPS) is 16.4. The highest BCUT2D eigenvalue weighted by Crippen LogP contribution is 2.42. The van der Waals surface area contributed by atoms with Gasteiger partial charge in [0.1, 0.15) is 0 Å². The highest BCUT2D eigenvalue weighted by atomic mass is 79.9. The van der Waals surface area contributed by atoms with E-state index >= 15 is 0 Å². The van der Waals surface area contributed by atoms with Crippen LogP contribution < -0.4 is 0 Å². The molecule has 1 aliphatic carbocycles. The molecule has 1 heterocycles. The van der Waals surface area contributed by atoms with E-state index in [2.05, 4.69) is 34.1 Å². The lowest BCUT2D eigenvalue weighted by molar-refractivity contribution is 0.0513. The number of rotatable bonds is 2. The number of hydrogen-bond donors (Lipinski definition) is 0. The number of nitrogens with zero attached hydrogens (tertiary/aromatic N) is 1. The number of benzene rings is 1. The Kier molecular flexibility index (Phi) is 3.38. The van der Waals surface area contributed by atoms with Crippen LogP contribution in [0.2, 0.25) is 0 Å². The zero-order valence-corrected chi connectivity index (χ0v) is 12.9. The van der Waals surface area contributed by atoms with Gasteiger partial charge in [0.25, 0.3) is 0 Å². The summed E-state index contributed by atoms with van der Waals surface area (Å²) in [5.41, 5.74) is 3.37. The van der Waals surface area contributed by atoms with Gasteiger partial charge in [-0.3, -0.25) is 0 Å². The molecule has 4 nitrogen and oxygen atoms in total. The smallest absolute Gasteiger partial charge is 0.360 e. The van der Waals surface area contributed by atoms with Gasteiger partial charge in [0.05, 0.1) is 6.61 Å². The van der Waals surface area contributed by atoms with Crippen molar-refractivity contribution < 1.29 is 14.1 Å². The number of esters is 1. The van der Waals surface area contributed by atoms with E-state index in [9.17, 15) is 4.79 Å². The molecular weight excluding hydrogens is 322 g/mol. The van der Waals surface area contributed by atoms with Gasteiger partial charge in [-0.15, -0.1) is 0 Å². The van der Waals surface area contributed by atoms with E-state index in [1.54, 1.807) is 6.92 Å². The molecule has 1 aromatic carbocycles. The SMILES string of the molecule is CCOC(=O)c1noc2c1C[C@@H](C)c1ccc(Br)cc1-2. The van der Waals surface area contributed by atoms with Crippen molar-refractivity contribution in [1.82, 2.24) is 5.16 Å². The molecule has 0 saturated heterocycles. The Balaban J connectivity index is 2.13. The molecule has 1 atom stereocenters. The second-order valence-corrected chi connectivity index (χ2v) is 5.81. The lowest BCUT2D eigenvalue weighted by Crippen LogP contribution is -2.13. The van der Waals surface area contributed by atoms with Gasteiger partial charge >= 0.3 is 5.97 Å². The number of fused-ring (bicyclic) bond motifs is 3. The van der Waals surface area contributed by atoms with Crippen LogP contribution in [-0.2, 0) is 11.2 Å². The maximum Gasteiger partial charge on any atom is 0.360 e. The quantitative estimate of drug-likeness (QED) is 0.780. The van der Waals surface area contributed by atoms with Gasteiger partial charge in [-0.05, 0) is 37.0 Å². The van der Waals surface area contributed by atoms with E-state index in [0.717, 1.165) is 22.0 Å². The van der Waals surface area contributed by atoms with Crippen LogP contribution in [0.3, 0.4) is 0 Å². The summed E-state index contributed by atoms with van der Waals surface area (Å²) < 4.78 is 11.4.